The van der Waals surface area contributed by atoms with Gasteiger partial charge in [-0.15, -0.1) is 0 Å². The normalized spacial score (nSPS) is 13.9. The van der Waals surface area contributed by atoms with Crippen LogP contribution < -0.4 is 5.32 Å². The number of aryl methyl sites for hydroxylation is 3. The molecule has 180 valence electrons. The van der Waals surface area contributed by atoms with Crippen LogP contribution in [0.5, 0.6) is 0 Å². The quantitative estimate of drug-likeness (QED) is 0.290. The summed E-state index contributed by atoms with van der Waals surface area (Å²) in [7, 11) is 0. The number of benzene rings is 2. The molecule has 2 aromatic heterocycles. The van der Waals surface area contributed by atoms with E-state index in [-0.39, 0.29) is 6.42 Å². The average Bonchev–Trinajstić information content (AvgIpc) is 3.25. The zero-order valence-electron chi connectivity index (χ0n) is 19.2. The van der Waals surface area contributed by atoms with E-state index >= 15 is 0 Å². The van der Waals surface area contributed by atoms with Crippen LogP contribution >= 0.6 is 23.2 Å². The highest BCUT2D eigenvalue weighted by atomic mass is 35.5. The number of carboxylic acid groups (broad SMARTS) is 1. The summed E-state index contributed by atoms with van der Waals surface area (Å²) in [5.74, 6) is 0.122. The van der Waals surface area contributed by atoms with E-state index in [9.17, 15) is 9.90 Å². The molecule has 0 spiro atoms. The topological polar surface area (TPSA) is 80.0 Å². The molecule has 4 aromatic rings. The van der Waals surface area contributed by atoms with E-state index in [1.807, 2.05) is 6.07 Å². The van der Waals surface area contributed by atoms with Crippen molar-refractivity contribution in [2.45, 2.75) is 44.6 Å². The predicted octanol–water partition coefficient (Wildman–Crippen LogP) is 6.34. The minimum absolute atomic E-state index is 0.127. The van der Waals surface area contributed by atoms with E-state index in [0.29, 0.717) is 15.6 Å². The number of aliphatic carboxylic acids is 1. The molecule has 8 heteroatoms. The second-order valence-corrected chi connectivity index (χ2v) is 9.87. The van der Waals surface area contributed by atoms with E-state index in [1.54, 1.807) is 29.1 Å². The van der Waals surface area contributed by atoms with Crippen LogP contribution in [0.3, 0.4) is 0 Å². The van der Waals surface area contributed by atoms with Crippen LogP contribution in [0.15, 0.2) is 54.7 Å². The Kier molecular flexibility index (Phi) is 6.93. The maximum Gasteiger partial charge on any atom is 0.305 e. The van der Waals surface area contributed by atoms with Gasteiger partial charge in [-0.05, 0) is 85.2 Å². The molecule has 2 aromatic carbocycles. The molecule has 0 aliphatic carbocycles. The number of aromatic nitrogens is 3. The summed E-state index contributed by atoms with van der Waals surface area (Å²) in [6.45, 7) is 0.995. The van der Waals surface area contributed by atoms with Crippen LogP contribution in [0, 0.1) is 0 Å². The molecule has 0 saturated heterocycles. The van der Waals surface area contributed by atoms with Gasteiger partial charge in [-0.3, -0.25) is 9.48 Å². The minimum atomic E-state index is -0.919. The SMILES string of the molecule is O=C(O)CC(c1cc(Cl)cc(Cl)c1)n1ncc2cc(CCCc3ccc4c(n3)NCCC4)ccc21. The summed E-state index contributed by atoms with van der Waals surface area (Å²) in [4.78, 5) is 16.4. The van der Waals surface area contributed by atoms with Gasteiger partial charge in [0.05, 0.1) is 24.2 Å². The Balaban J connectivity index is 1.33. The first kappa shape index (κ1) is 23.6. The molecule has 1 aliphatic heterocycles. The van der Waals surface area contributed by atoms with Gasteiger partial charge in [-0.2, -0.15) is 5.10 Å². The molecule has 35 heavy (non-hydrogen) atoms. The number of nitrogens with one attached hydrogen (secondary N) is 1. The van der Waals surface area contributed by atoms with Crippen molar-refractivity contribution in [2.24, 2.45) is 0 Å². The highest BCUT2D eigenvalue weighted by Gasteiger charge is 2.21. The molecule has 0 bridgehead atoms. The maximum atomic E-state index is 11.6. The lowest BCUT2D eigenvalue weighted by Crippen LogP contribution is -2.16. The monoisotopic (exact) mass is 508 g/mol. The number of anilines is 1. The highest BCUT2D eigenvalue weighted by molar-refractivity contribution is 6.34. The van der Waals surface area contributed by atoms with Crippen LogP contribution in [0.4, 0.5) is 5.82 Å². The van der Waals surface area contributed by atoms with E-state index in [2.05, 4.69) is 34.7 Å². The Labute approximate surface area is 213 Å². The van der Waals surface area contributed by atoms with Gasteiger partial charge in [0.1, 0.15) is 5.82 Å². The molecule has 0 saturated carbocycles. The largest absolute Gasteiger partial charge is 0.481 e. The third kappa shape index (κ3) is 5.44. The van der Waals surface area contributed by atoms with Crippen molar-refractivity contribution in [1.82, 2.24) is 14.8 Å². The molecule has 0 radical (unpaired) electrons. The number of carboxylic acids is 1. The third-order valence-corrected chi connectivity index (χ3v) is 6.88. The summed E-state index contributed by atoms with van der Waals surface area (Å²) in [6, 6.07) is 15.2. The first-order chi connectivity index (χ1) is 17.0. The lowest BCUT2D eigenvalue weighted by Gasteiger charge is -2.18. The van der Waals surface area contributed by atoms with Crippen LogP contribution in [0.2, 0.25) is 10.0 Å². The first-order valence-electron chi connectivity index (χ1n) is 11.8. The smallest absolute Gasteiger partial charge is 0.305 e. The van der Waals surface area contributed by atoms with Gasteiger partial charge >= 0.3 is 5.97 Å². The van der Waals surface area contributed by atoms with Gasteiger partial charge in [0.25, 0.3) is 0 Å². The minimum Gasteiger partial charge on any atom is -0.481 e. The highest BCUT2D eigenvalue weighted by Crippen LogP contribution is 2.31. The van der Waals surface area contributed by atoms with Gasteiger partial charge in [0, 0.05) is 27.7 Å². The summed E-state index contributed by atoms with van der Waals surface area (Å²) in [5.41, 5.74) is 5.23. The summed E-state index contributed by atoms with van der Waals surface area (Å²) >= 11 is 12.4. The first-order valence-corrected chi connectivity index (χ1v) is 12.6. The lowest BCUT2D eigenvalue weighted by atomic mass is 10.0. The Hall–Kier alpha value is -3.09. The number of nitrogens with zero attached hydrogens (tertiary/aromatic N) is 3. The second kappa shape index (κ2) is 10.3. The van der Waals surface area contributed by atoms with Crippen LogP contribution in [-0.2, 0) is 24.1 Å². The van der Waals surface area contributed by atoms with Gasteiger partial charge in [0.2, 0.25) is 0 Å². The maximum absolute atomic E-state index is 11.6. The average molecular weight is 509 g/mol. The van der Waals surface area contributed by atoms with E-state index in [1.165, 1.54) is 11.1 Å². The lowest BCUT2D eigenvalue weighted by molar-refractivity contribution is -0.137. The van der Waals surface area contributed by atoms with Crippen molar-refractivity contribution in [3.63, 3.8) is 0 Å². The molecule has 3 heterocycles. The fraction of sp³-hybridized carbons (Fsp3) is 0.296. The molecular weight excluding hydrogens is 483 g/mol. The van der Waals surface area contributed by atoms with Crippen LogP contribution in [0.25, 0.3) is 10.9 Å². The number of halogens is 2. The number of rotatable bonds is 8. The number of hydrogen-bond acceptors (Lipinski definition) is 4. The summed E-state index contributed by atoms with van der Waals surface area (Å²) in [6.07, 6.45) is 6.76. The van der Waals surface area contributed by atoms with Crippen molar-refractivity contribution < 1.29 is 9.90 Å². The Morgan fingerprint density at radius 1 is 1.09 bits per heavy atom. The van der Waals surface area contributed by atoms with E-state index in [0.717, 1.165) is 61.1 Å². The number of pyridine rings is 1. The van der Waals surface area contributed by atoms with Crippen molar-refractivity contribution in [3.8, 4) is 0 Å². The fourth-order valence-corrected chi connectivity index (χ4v) is 5.31. The third-order valence-electron chi connectivity index (χ3n) is 6.44. The number of fused-ring (bicyclic) bond motifs is 2. The zero-order valence-corrected chi connectivity index (χ0v) is 20.7. The van der Waals surface area contributed by atoms with Gasteiger partial charge in [0.15, 0.2) is 0 Å². The Morgan fingerprint density at radius 3 is 2.71 bits per heavy atom. The van der Waals surface area contributed by atoms with Crippen LogP contribution in [-0.4, -0.2) is 32.4 Å². The Bertz CT molecular complexity index is 1360. The molecule has 0 amide bonds. The van der Waals surface area contributed by atoms with E-state index in [4.69, 9.17) is 28.2 Å². The van der Waals surface area contributed by atoms with Crippen molar-refractivity contribution in [2.75, 3.05) is 11.9 Å². The van der Waals surface area contributed by atoms with Crippen molar-refractivity contribution >= 4 is 45.9 Å². The van der Waals surface area contributed by atoms with Crippen molar-refractivity contribution in [3.05, 3.63) is 87.2 Å². The predicted molar refractivity (Wildman–Crippen MR) is 140 cm³/mol. The van der Waals surface area contributed by atoms with Gasteiger partial charge < -0.3 is 10.4 Å². The summed E-state index contributed by atoms with van der Waals surface area (Å²) < 4.78 is 1.75. The zero-order chi connectivity index (χ0) is 24.4. The standard InChI is InChI=1S/C27H26Cl2N4O2/c28-21-12-19(13-22(29)14-21)25(15-26(34)35)33-24-9-6-17(11-20(24)16-31-33)3-1-5-23-8-7-18-4-2-10-30-27(18)32-23/h6-9,11-14,16,25H,1-5,10,15H2,(H,30,32)(H,34,35). The second-order valence-electron chi connectivity index (χ2n) is 8.99. The molecule has 0 fully saturated rings. The molecular formula is C27H26Cl2N4O2. The molecule has 2 N–H and O–H groups in total. The molecule has 1 aliphatic rings. The number of carbonyl (C=O) groups is 1. The molecule has 1 unspecified atom stereocenters. The molecule has 5 rings (SSSR count). The number of hydrogen-bond donors (Lipinski definition) is 2. The fourth-order valence-electron chi connectivity index (χ4n) is 4.77. The Morgan fingerprint density at radius 2 is 1.91 bits per heavy atom. The molecule has 6 nitrogen and oxygen atoms in total. The van der Waals surface area contributed by atoms with Gasteiger partial charge in [-0.25, -0.2) is 4.98 Å². The van der Waals surface area contributed by atoms with Crippen LogP contribution in [0.1, 0.15) is 47.7 Å². The summed E-state index contributed by atoms with van der Waals surface area (Å²) in [5, 5.41) is 19.4. The van der Waals surface area contributed by atoms with E-state index < -0.39 is 12.0 Å². The van der Waals surface area contributed by atoms with Gasteiger partial charge in [-0.1, -0.05) is 35.3 Å². The molecule has 1 atom stereocenters. The van der Waals surface area contributed by atoms with Crippen molar-refractivity contribution in [1.29, 1.82) is 0 Å².